The highest BCUT2D eigenvalue weighted by molar-refractivity contribution is 7.92. The lowest BCUT2D eigenvalue weighted by molar-refractivity contribution is -0.348. The van der Waals surface area contributed by atoms with Crippen molar-refractivity contribution in [1.29, 1.82) is 0 Å². The number of carbonyl (C=O) groups is 2. The Morgan fingerprint density at radius 2 is 1.51 bits per heavy atom. The van der Waals surface area contributed by atoms with E-state index >= 15 is 0 Å². The monoisotopic (exact) mass is 669 g/mol. The number of amides is 1. The SMILES string of the molecule is C[C@]1(C(=O)O)CC[C@H](C(=O)N2CCC3(S(=O)(=O)c4ccc(F)cc4)c4ccc(C(F)(C(F)(F)F)C(F)(F)F)cc4OCC23)CC1. The molecule has 2 unspecified atom stereocenters. The van der Waals surface area contributed by atoms with Gasteiger partial charge in [-0.05, 0) is 69.4 Å². The van der Waals surface area contributed by atoms with Crippen molar-refractivity contribution in [2.75, 3.05) is 13.2 Å². The summed E-state index contributed by atoms with van der Waals surface area (Å²) in [5.41, 5.74) is -9.11. The molecule has 1 N–H and O–H groups in total. The lowest BCUT2D eigenvalue weighted by atomic mass is 9.71. The van der Waals surface area contributed by atoms with Gasteiger partial charge in [0.05, 0.1) is 16.4 Å². The molecule has 16 heteroatoms. The van der Waals surface area contributed by atoms with Crippen LogP contribution in [0.15, 0.2) is 47.4 Å². The molecule has 1 saturated heterocycles. The molecule has 2 aromatic rings. The lowest BCUT2D eigenvalue weighted by Crippen LogP contribution is -2.56. The van der Waals surface area contributed by atoms with E-state index < -0.39 is 90.5 Å². The molecule has 246 valence electrons. The third-order valence-electron chi connectivity index (χ3n) is 9.49. The number of nitrogens with zero attached hydrogens (tertiary/aromatic N) is 1. The van der Waals surface area contributed by atoms with Crippen LogP contribution >= 0.6 is 0 Å². The summed E-state index contributed by atoms with van der Waals surface area (Å²) in [6.45, 7) is 0.662. The van der Waals surface area contributed by atoms with Crippen molar-refractivity contribution in [3.8, 4) is 5.75 Å². The molecule has 0 spiro atoms. The van der Waals surface area contributed by atoms with Gasteiger partial charge in [-0.1, -0.05) is 12.1 Å². The minimum atomic E-state index is -6.43. The van der Waals surface area contributed by atoms with Crippen LogP contribution in [0.1, 0.15) is 50.2 Å². The van der Waals surface area contributed by atoms with Crippen molar-refractivity contribution in [3.05, 3.63) is 59.4 Å². The number of alkyl halides is 7. The summed E-state index contributed by atoms with van der Waals surface area (Å²) in [6, 6.07) is 3.27. The Morgan fingerprint density at radius 3 is 2.04 bits per heavy atom. The minimum absolute atomic E-state index is 0.168. The fraction of sp³-hybridized carbons (Fsp3) is 0.517. The van der Waals surface area contributed by atoms with E-state index in [2.05, 4.69) is 0 Å². The Kier molecular flexibility index (Phi) is 7.73. The van der Waals surface area contributed by atoms with Gasteiger partial charge in [0.25, 0.3) is 0 Å². The molecule has 0 bridgehead atoms. The number of sulfone groups is 1. The third kappa shape index (κ3) is 4.85. The van der Waals surface area contributed by atoms with Gasteiger partial charge in [0, 0.05) is 23.6 Å². The Hall–Kier alpha value is -3.43. The Bertz CT molecular complexity index is 1600. The summed E-state index contributed by atoms with van der Waals surface area (Å²) < 4.78 is 142. The van der Waals surface area contributed by atoms with Gasteiger partial charge >= 0.3 is 24.0 Å². The predicted molar refractivity (Wildman–Crippen MR) is 140 cm³/mol. The molecule has 0 radical (unpaired) electrons. The number of fused-ring (bicyclic) bond motifs is 3. The predicted octanol–water partition coefficient (Wildman–Crippen LogP) is 6.06. The van der Waals surface area contributed by atoms with Crippen LogP contribution in [0.3, 0.4) is 0 Å². The number of aliphatic carboxylic acids is 1. The van der Waals surface area contributed by atoms with Crippen molar-refractivity contribution in [2.45, 2.75) is 72.7 Å². The number of benzene rings is 2. The Labute approximate surface area is 252 Å². The molecule has 0 aromatic heterocycles. The largest absolute Gasteiger partial charge is 0.491 e. The number of ether oxygens (including phenoxy) is 1. The van der Waals surface area contributed by atoms with Gasteiger partial charge < -0.3 is 14.7 Å². The number of carboxylic acid groups (broad SMARTS) is 1. The fourth-order valence-corrected chi connectivity index (χ4v) is 9.04. The smallest absolute Gasteiger partial charge is 0.435 e. The molecule has 7 nitrogen and oxygen atoms in total. The maximum atomic E-state index is 14.9. The summed E-state index contributed by atoms with van der Waals surface area (Å²) in [6.07, 6.45) is -12.5. The van der Waals surface area contributed by atoms with Crippen LogP contribution in [-0.2, 0) is 29.8 Å². The van der Waals surface area contributed by atoms with Gasteiger partial charge in [0.1, 0.15) is 22.9 Å². The van der Waals surface area contributed by atoms with Crippen molar-refractivity contribution in [2.24, 2.45) is 11.3 Å². The van der Waals surface area contributed by atoms with E-state index in [4.69, 9.17) is 4.74 Å². The zero-order chi connectivity index (χ0) is 33.4. The van der Waals surface area contributed by atoms with Gasteiger partial charge in [0.15, 0.2) is 9.84 Å². The van der Waals surface area contributed by atoms with Crippen LogP contribution in [-0.4, -0.2) is 61.8 Å². The standard InChI is InChI=1S/C29H27F8NO6S/c1-25(24(40)41)10-8-16(9-11-25)23(39)38-13-12-26(45(42,43)19-5-3-18(30)4-6-19)20-7-2-17(14-21(20)44-15-22(26)38)27(31,28(32,33)34)29(35,36)37/h2-7,14,16,22H,8-13,15H2,1H3,(H,40,41)/t16-,22?,25-,26?. The Balaban J connectivity index is 1.62. The van der Waals surface area contributed by atoms with Crippen molar-refractivity contribution in [1.82, 2.24) is 4.90 Å². The second-order valence-corrected chi connectivity index (χ2v) is 14.2. The summed E-state index contributed by atoms with van der Waals surface area (Å²) >= 11 is 0. The first-order valence-electron chi connectivity index (χ1n) is 13.8. The average Bonchev–Trinajstić information content (AvgIpc) is 3.37. The highest BCUT2D eigenvalue weighted by Crippen LogP contribution is 2.57. The van der Waals surface area contributed by atoms with E-state index in [0.29, 0.717) is 6.07 Å². The van der Waals surface area contributed by atoms with Crippen LogP contribution in [0.2, 0.25) is 0 Å². The molecular formula is C29H27F8NO6S. The fourth-order valence-electron chi connectivity index (χ4n) is 6.76. The number of likely N-dealkylation sites (tertiary alicyclic amines) is 1. The second kappa shape index (κ2) is 10.6. The number of halogens is 8. The third-order valence-corrected chi connectivity index (χ3v) is 12.0. The summed E-state index contributed by atoms with van der Waals surface area (Å²) in [4.78, 5) is 26.3. The first kappa shape index (κ1) is 32.9. The van der Waals surface area contributed by atoms with Crippen LogP contribution in [0.4, 0.5) is 35.1 Å². The lowest BCUT2D eigenvalue weighted by Gasteiger charge is -2.43. The maximum Gasteiger partial charge on any atom is 0.435 e. The minimum Gasteiger partial charge on any atom is -0.491 e. The highest BCUT2D eigenvalue weighted by atomic mass is 32.2. The summed E-state index contributed by atoms with van der Waals surface area (Å²) in [5.74, 6) is -3.74. The van der Waals surface area contributed by atoms with Crippen LogP contribution in [0.25, 0.3) is 0 Å². The van der Waals surface area contributed by atoms with Gasteiger partial charge in [0.2, 0.25) is 5.91 Å². The van der Waals surface area contributed by atoms with Crippen LogP contribution in [0.5, 0.6) is 5.75 Å². The molecular weight excluding hydrogens is 642 g/mol. The number of hydrogen-bond acceptors (Lipinski definition) is 5. The summed E-state index contributed by atoms with van der Waals surface area (Å²) in [7, 11) is -4.68. The second-order valence-electron chi connectivity index (χ2n) is 12.0. The highest BCUT2D eigenvalue weighted by Gasteiger charge is 2.74. The molecule has 2 aromatic carbocycles. The van der Waals surface area contributed by atoms with E-state index in [-0.39, 0.29) is 56.3 Å². The first-order valence-corrected chi connectivity index (χ1v) is 15.3. The normalized spacial score (nSPS) is 27.4. The molecule has 1 saturated carbocycles. The first-order chi connectivity index (χ1) is 20.7. The maximum absolute atomic E-state index is 14.9. The van der Waals surface area contributed by atoms with Gasteiger partial charge in [-0.2, -0.15) is 26.3 Å². The molecule has 5 rings (SSSR count). The topological polar surface area (TPSA) is 101 Å². The van der Waals surface area contributed by atoms with Crippen LogP contribution < -0.4 is 4.74 Å². The van der Waals surface area contributed by atoms with Gasteiger partial charge in [-0.25, -0.2) is 17.2 Å². The van der Waals surface area contributed by atoms with Gasteiger partial charge in [-0.15, -0.1) is 0 Å². The van der Waals surface area contributed by atoms with E-state index in [1.165, 1.54) is 4.90 Å². The number of rotatable bonds is 5. The molecule has 3 aliphatic rings. The van der Waals surface area contributed by atoms with E-state index in [0.717, 1.165) is 24.3 Å². The molecule has 2 fully saturated rings. The van der Waals surface area contributed by atoms with Crippen molar-refractivity contribution in [3.63, 3.8) is 0 Å². The van der Waals surface area contributed by atoms with Crippen LogP contribution in [0, 0.1) is 17.2 Å². The van der Waals surface area contributed by atoms with Crippen molar-refractivity contribution >= 4 is 21.7 Å². The number of carbonyl (C=O) groups excluding carboxylic acids is 1. The molecule has 2 heterocycles. The number of carboxylic acids is 1. The Morgan fingerprint density at radius 1 is 0.933 bits per heavy atom. The van der Waals surface area contributed by atoms with E-state index in [1.807, 2.05) is 0 Å². The zero-order valence-corrected chi connectivity index (χ0v) is 24.3. The van der Waals surface area contributed by atoms with E-state index in [9.17, 15) is 58.2 Å². The van der Waals surface area contributed by atoms with Crippen molar-refractivity contribution < 1.29 is 63.0 Å². The average molecular weight is 670 g/mol. The number of hydrogen-bond donors (Lipinski definition) is 1. The molecule has 2 atom stereocenters. The zero-order valence-electron chi connectivity index (χ0n) is 23.5. The molecule has 45 heavy (non-hydrogen) atoms. The van der Waals surface area contributed by atoms with E-state index in [1.54, 1.807) is 6.92 Å². The summed E-state index contributed by atoms with van der Waals surface area (Å²) in [5, 5.41) is 9.54. The molecule has 1 aliphatic carbocycles. The molecule has 2 aliphatic heterocycles. The quantitative estimate of drug-likeness (QED) is 0.307. The molecule has 1 amide bonds. The van der Waals surface area contributed by atoms with Gasteiger partial charge in [-0.3, -0.25) is 9.59 Å².